The predicted octanol–water partition coefficient (Wildman–Crippen LogP) is 4.30. The first-order chi connectivity index (χ1) is 14.0. The van der Waals surface area contributed by atoms with E-state index in [-0.39, 0.29) is 11.7 Å². The van der Waals surface area contributed by atoms with Crippen LogP contribution >= 0.6 is 11.8 Å². The first-order valence-corrected chi connectivity index (χ1v) is 10.5. The molecule has 0 spiro atoms. The quantitative estimate of drug-likeness (QED) is 0.561. The van der Waals surface area contributed by atoms with Crippen LogP contribution in [-0.2, 0) is 24.9 Å². The highest BCUT2D eigenvalue weighted by Crippen LogP contribution is 2.20. The maximum absolute atomic E-state index is 12.3. The molecule has 0 aliphatic heterocycles. The number of hydrogen-bond acceptors (Lipinski definition) is 5. The van der Waals surface area contributed by atoms with Gasteiger partial charge in [0.2, 0.25) is 5.91 Å². The summed E-state index contributed by atoms with van der Waals surface area (Å²) >= 11 is 1.35. The van der Waals surface area contributed by atoms with E-state index in [4.69, 9.17) is 4.74 Å². The summed E-state index contributed by atoms with van der Waals surface area (Å²) in [6.07, 6.45) is 1.00. The van der Waals surface area contributed by atoms with Gasteiger partial charge in [-0.25, -0.2) is 0 Å². The lowest BCUT2D eigenvalue weighted by Gasteiger charge is -2.09. The summed E-state index contributed by atoms with van der Waals surface area (Å²) in [6.45, 7) is 6.43. The molecule has 1 aromatic heterocycles. The molecule has 152 valence electrons. The summed E-state index contributed by atoms with van der Waals surface area (Å²) < 4.78 is 7.66. The minimum absolute atomic E-state index is 0.0690. The molecule has 0 unspecified atom stereocenters. The van der Waals surface area contributed by atoms with Crippen molar-refractivity contribution in [1.29, 1.82) is 0 Å². The van der Waals surface area contributed by atoms with E-state index in [0.717, 1.165) is 29.0 Å². The molecule has 0 bridgehead atoms. The van der Waals surface area contributed by atoms with Gasteiger partial charge in [0.25, 0.3) is 0 Å². The van der Waals surface area contributed by atoms with Crippen LogP contribution in [0.3, 0.4) is 0 Å². The SMILES string of the molecule is CCc1ccc(OCc2nnc(SCC(=O)Nc3cc(C)ccc3C)n2C)cc1. The second-order valence-corrected chi connectivity index (χ2v) is 7.84. The minimum atomic E-state index is -0.0690. The number of benzene rings is 2. The first kappa shape index (κ1) is 20.9. The Morgan fingerprint density at radius 1 is 1.14 bits per heavy atom. The Morgan fingerprint density at radius 2 is 1.90 bits per heavy atom. The summed E-state index contributed by atoms with van der Waals surface area (Å²) in [4.78, 5) is 12.3. The fraction of sp³-hybridized carbons (Fsp3) is 0.318. The molecule has 0 saturated carbocycles. The Bertz CT molecular complexity index is 983. The third-order valence-corrected chi connectivity index (χ3v) is 5.64. The van der Waals surface area contributed by atoms with E-state index in [9.17, 15) is 4.79 Å². The zero-order valence-corrected chi connectivity index (χ0v) is 18.0. The number of nitrogens with zero attached hydrogens (tertiary/aromatic N) is 3. The van der Waals surface area contributed by atoms with Crippen LogP contribution in [0, 0.1) is 13.8 Å². The van der Waals surface area contributed by atoms with Crippen LogP contribution in [0.4, 0.5) is 5.69 Å². The number of anilines is 1. The van der Waals surface area contributed by atoms with Crippen molar-refractivity contribution in [2.75, 3.05) is 11.1 Å². The van der Waals surface area contributed by atoms with E-state index in [1.165, 1.54) is 17.3 Å². The number of hydrogen-bond donors (Lipinski definition) is 1. The van der Waals surface area contributed by atoms with E-state index < -0.39 is 0 Å². The van der Waals surface area contributed by atoms with Crippen LogP contribution in [0.15, 0.2) is 47.6 Å². The van der Waals surface area contributed by atoms with Crippen molar-refractivity contribution in [1.82, 2.24) is 14.8 Å². The van der Waals surface area contributed by atoms with Crippen LogP contribution in [0.25, 0.3) is 0 Å². The molecule has 1 heterocycles. The van der Waals surface area contributed by atoms with E-state index in [1.54, 1.807) is 0 Å². The van der Waals surface area contributed by atoms with Crippen LogP contribution in [0.5, 0.6) is 5.75 Å². The smallest absolute Gasteiger partial charge is 0.234 e. The molecule has 3 aromatic rings. The normalized spacial score (nSPS) is 10.8. The lowest BCUT2D eigenvalue weighted by atomic mass is 10.1. The molecular formula is C22H26N4O2S. The zero-order valence-electron chi connectivity index (χ0n) is 17.2. The van der Waals surface area contributed by atoms with Gasteiger partial charge in [-0.15, -0.1) is 10.2 Å². The summed E-state index contributed by atoms with van der Waals surface area (Å²) in [5.74, 6) is 1.70. The highest BCUT2D eigenvalue weighted by atomic mass is 32.2. The van der Waals surface area contributed by atoms with E-state index in [2.05, 4.69) is 34.6 Å². The molecule has 2 aromatic carbocycles. The van der Waals surface area contributed by atoms with Crippen LogP contribution in [0.1, 0.15) is 29.4 Å². The minimum Gasteiger partial charge on any atom is -0.486 e. The van der Waals surface area contributed by atoms with Gasteiger partial charge in [0.15, 0.2) is 11.0 Å². The van der Waals surface area contributed by atoms with Crippen molar-refractivity contribution in [3.8, 4) is 5.75 Å². The third kappa shape index (κ3) is 5.60. The van der Waals surface area contributed by atoms with E-state index in [0.29, 0.717) is 17.6 Å². The fourth-order valence-electron chi connectivity index (χ4n) is 2.75. The Kier molecular flexibility index (Phi) is 6.93. The van der Waals surface area contributed by atoms with Gasteiger partial charge in [0.1, 0.15) is 12.4 Å². The number of thioether (sulfide) groups is 1. The summed E-state index contributed by atoms with van der Waals surface area (Å²) in [7, 11) is 1.88. The number of aryl methyl sites for hydroxylation is 3. The van der Waals surface area contributed by atoms with Gasteiger partial charge < -0.3 is 14.6 Å². The van der Waals surface area contributed by atoms with Crippen molar-refractivity contribution >= 4 is 23.4 Å². The van der Waals surface area contributed by atoms with Gasteiger partial charge in [0, 0.05) is 12.7 Å². The molecule has 7 heteroatoms. The molecule has 3 rings (SSSR count). The van der Waals surface area contributed by atoms with Crippen LogP contribution in [-0.4, -0.2) is 26.4 Å². The molecule has 0 aliphatic carbocycles. The molecule has 1 N–H and O–H groups in total. The largest absolute Gasteiger partial charge is 0.486 e. The highest BCUT2D eigenvalue weighted by molar-refractivity contribution is 7.99. The van der Waals surface area contributed by atoms with Crippen molar-refractivity contribution < 1.29 is 9.53 Å². The average molecular weight is 411 g/mol. The van der Waals surface area contributed by atoms with Crippen molar-refractivity contribution in [2.24, 2.45) is 7.05 Å². The molecule has 0 fully saturated rings. The van der Waals surface area contributed by atoms with E-state index >= 15 is 0 Å². The Balaban J connectivity index is 1.53. The van der Waals surface area contributed by atoms with Gasteiger partial charge in [-0.1, -0.05) is 43.0 Å². The third-order valence-electron chi connectivity index (χ3n) is 4.62. The Labute approximate surface area is 175 Å². The zero-order chi connectivity index (χ0) is 20.8. The van der Waals surface area contributed by atoms with Gasteiger partial charge in [-0.2, -0.15) is 0 Å². The van der Waals surface area contributed by atoms with Gasteiger partial charge in [-0.3, -0.25) is 4.79 Å². The standard InChI is InChI=1S/C22H26N4O2S/c1-5-17-8-10-18(11-9-17)28-13-20-24-25-22(26(20)4)29-14-21(27)23-19-12-15(2)6-7-16(19)3/h6-12H,5,13-14H2,1-4H3,(H,23,27). The second-order valence-electron chi connectivity index (χ2n) is 6.90. The Morgan fingerprint density at radius 3 is 2.62 bits per heavy atom. The van der Waals surface area contributed by atoms with Crippen molar-refractivity contribution in [3.05, 3.63) is 65.0 Å². The van der Waals surface area contributed by atoms with Gasteiger partial charge in [0.05, 0.1) is 5.75 Å². The number of aromatic nitrogens is 3. The van der Waals surface area contributed by atoms with E-state index in [1.807, 2.05) is 55.8 Å². The van der Waals surface area contributed by atoms with Gasteiger partial charge >= 0.3 is 0 Å². The van der Waals surface area contributed by atoms with Crippen molar-refractivity contribution in [2.45, 2.75) is 39.0 Å². The van der Waals surface area contributed by atoms with Crippen molar-refractivity contribution in [3.63, 3.8) is 0 Å². The first-order valence-electron chi connectivity index (χ1n) is 9.56. The number of nitrogens with one attached hydrogen (secondary N) is 1. The average Bonchev–Trinajstić information content (AvgIpc) is 3.07. The number of amides is 1. The molecular weight excluding hydrogens is 384 g/mol. The highest BCUT2D eigenvalue weighted by Gasteiger charge is 2.13. The number of carbonyl (C=O) groups excluding carboxylic acids is 1. The molecule has 1 amide bonds. The number of carbonyl (C=O) groups is 1. The Hall–Kier alpha value is -2.80. The molecule has 0 aliphatic rings. The fourth-order valence-corrected chi connectivity index (χ4v) is 3.48. The molecule has 6 nitrogen and oxygen atoms in total. The molecule has 0 saturated heterocycles. The monoisotopic (exact) mass is 410 g/mol. The molecule has 0 atom stereocenters. The number of rotatable bonds is 8. The molecule has 29 heavy (non-hydrogen) atoms. The lowest BCUT2D eigenvalue weighted by molar-refractivity contribution is -0.113. The second kappa shape index (κ2) is 9.60. The lowest BCUT2D eigenvalue weighted by Crippen LogP contribution is -2.15. The summed E-state index contributed by atoms with van der Waals surface area (Å²) in [5, 5.41) is 12.0. The van der Waals surface area contributed by atoms with Crippen LogP contribution in [0.2, 0.25) is 0 Å². The van der Waals surface area contributed by atoms with Gasteiger partial charge in [-0.05, 0) is 55.2 Å². The predicted molar refractivity (Wildman–Crippen MR) is 116 cm³/mol. The molecule has 0 radical (unpaired) electrons. The summed E-state index contributed by atoms with van der Waals surface area (Å²) in [5.41, 5.74) is 4.27. The number of ether oxygens (including phenoxy) is 1. The maximum atomic E-state index is 12.3. The van der Waals surface area contributed by atoms with Crippen LogP contribution < -0.4 is 10.1 Å². The summed E-state index contributed by atoms with van der Waals surface area (Å²) in [6, 6.07) is 14.0. The topological polar surface area (TPSA) is 69.0 Å². The maximum Gasteiger partial charge on any atom is 0.234 e.